The minimum atomic E-state index is 0.321. The quantitative estimate of drug-likeness (QED) is 0.225. The summed E-state index contributed by atoms with van der Waals surface area (Å²) in [6.45, 7) is 4.81. The number of aliphatic hydroxyl groups is 1. The van der Waals surface area contributed by atoms with Crippen LogP contribution in [0.4, 0.5) is 0 Å². The molecule has 0 saturated heterocycles. The maximum atomic E-state index is 8.95. The number of aliphatic hydroxyl groups excluding tert-OH is 1. The Bertz CT molecular complexity index is 222. The first-order valence-corrected chi connectivity index (χ1v) is 10.1. The van der Waals surface area contributed by atoms with Crippen molar-refractivity contribution in [3.8, 4) is 0 Å². The highest BCUT2D eigenvalue weighted by molar-refractivity contribution is 4.87. The van der Waals surface area contributed by atoms with Crippen molar-refractivity contribution in [2.75, 3.05) is 6.61 Å². The van der Waals surface area contributed by atoms with E-state index in [2.05, 4.69) is 26.0 Å². The first-order chi connectivity index (χ1) is 10.8. The van der Waals surface area contributed by atoms with Crippen molar-refractivity contribution < 1.29 is 5.11 Å². The standard InChI is InChI=1S/C21H42O/c1-3-5-6-7-8-9-10-11-12-13-14-15-16-17-18-21(4-2)19-20-22/h17-18,21-22H,3-16,19-20H2,1-2H3. The van der Waals surface area contributed by atoms with Gasteiger partial charge in [0.25, 0.3) is 0 Å². The molecule has 132 valence electrons. The van der Waals surface area contributed by atoms with E-state index in [0.717, 1.165) is 12.8 Å². The van der Waals surface area contributed by atoms with E-state index in [1.54, 1.807) is 0 Å². The van der Waals surface area contributed by atoms with Crippen molar-refractivity contribution in [3.05, 3.63) is 12.2 Å². The van der Waals surface area contributed by atoms with Crippen molar-refractivity contribution in [2.24, 2.45) is 5.92 Å². The topological polar surface area (TPSA) is 20.2 Å². The maximum Gasteiger partial charge on any atom is 0.0436 e. The largest absolute Gasteiger partial charge is 0.396 e. The zero-order valence-electron chi connectivity index (χ0n) is 15.5. The Hall–Kier alpha value is -0.300. The minimum absolute atomic E-state index is 0.321. The van der Waals surface area contributed by atoms with Crippen molar-refractivity contribution in [3.63, 3.8) is 0 Å². The Morgan fingerprint density at radius 2 is 1.23 bits per heavy atom. The molecule has 0 saturated carbocycles. The first-order valence-electron chi connectivity index (χ1n) is 10.1. The summed E-state index contributed by atoms with van der Waals surface area (Å²) in [6, 6.07) is 0. The summed E-state index contributed by atoms with van der Waals surface area (Å²) >= 11 is 0. The fourth-order valence-corrected chi connectivity index (χ4v) is 2.99. The van der Waals surface area contributed by atoms with Crippen LogP contribution in [0.1, 0.15) is 110 Å². The third-order valence-corrected chi connectivity index (χ3v) is 4.66. The van der Waals surface area contributed by atoms with Crippen molar-refractivity contribution >= 4 is 0 Å². The number of unbranched alkanes of at least 4 members (excludes halogenated alkanes) is 12. The van der Waals surface area contributed by atoms with Gasteiger partial charge in [0.2, 0.25) is 0 Å². The number of allylic oxidation sites excluding steroid dienone is 2. The van der Waals surface area contributed by atoms with Gasteiger partial charge in [-0.2, -0.15) is 0 Å². The lowest BCUT2D eigenvalue weighted by atomic mass is 10.0. The molecule has 0 aromatic carbocycles. The smallest absolute Gasteiger partial charge is 0.0436 e. The van der Waals surface area contributed by atoms with Gasteiger partial charge >= 0.3 is 0 Å². The molecule has 0 amide bonds. The average Bonchev–Trinajstić information content (AvgIpc) is 2.54. The molecule has 1 N–H and O–H groups in total. The molecule has 1 heteroatoms. The predicted octanol–water partition coefficient (Wildman–Crippen LogP) is 7.04. The van der Waals surface area contributed by atoms with Crippen molar-refractivity contribution in [2.45, 2.75) is 110 Å². The summed E-state index contributed by atoms with van der Waals surface area (Å²) in [5.41, 5.74) is 0. The van der Waals surface area contributed by atoms with Crippen LogP contribution in [0.5, 0.6) is 0 Å². The summed E-state index contributed by atoms with van der Waals surface area (Å²) < 4.78 is 0. The number of hydrogen-bond donors (Lipinski definition) is 1. The Balaban J connectivity index is 3.18. The average molecular weight is 311 g/mol. The third-order valence-electron chi connectivity index (χ3n) is 4.66. The maximum absolute atomic E-state index is 8.95. The normalized spacial score (nSPS) is 13.0. The van der Waals surface area contributed by atoms with Crippen LogP contribution in [0, 0.1) is 5.92 Å². The fraction of sp³-hybridized carbons (Fsp3) is 0.905. The van der Waals surface area contributed by atoms with E-state index in [-0.39, 0.29) is 0 Å². The summed E-state index contributed by atoms with van der Waals surface area (Å²) in [5.74, 6) is 0.585. The van der Waals surface area contributed by atoms with Crippen LogP contribution in [0.3, 0.4) is 0 Å². The molecular formula is C21H42O. The molecule has 22 heavy (non-hydrogen) atoms. The van der Waals surface area contributed by atoms with Crippen LogP contribution in [0.25, 0.3) is 0 Å². The second-order valence-corrected chi connectivity index (χ2v) is 6.79. The van der Waals surface area contributed by atoms with E-state index in [0.29, 0.717) is 12.5 Å². The second-order valence-electron chi connectivity index (χ2n) is 6.79. The Kier molecular flexibility index (Phi) is 18.5. The van der Waals surface area contributed by atoms with Crippen LogP contribution < -0.4 is 0 Å². The van der Waals surface area contributed by atoms with Crippen molar-refractivity contribution in [1.29, 1.82) is 0 Å². The van der Waals surface area contributed by atoms with Gasteiger partial charge in [-0.3, -0.25) is 0 Å². The van der Waals surface area contributed by atoms with E-state index < -0.39 is 0 Å². The fourth-order valence-electron chi connectivity index (χ4n) is 2.99. The summed E-state index contributed by atoms with van der Waals surface area (Å²) in [7, 11) is 0. The first kappa shape index (κ1) is 21.7. The molecule has 0 radical (unpaired) electrons. The van der Waals surface area contributed by atoms with E-state index >= 15 is 0 Å². The lowest BCUT2D eigenvalue weighted by molar-refractivity contribution is 0.268. The van der Waals surface area contributed by atoms with Gasteiger partial charge in [-0.05, 0) is 31.6 Å². The molecule has 0 aliphatic heterocycles. The van der Waals surface area contributed by atoms with Gasteiger partial charge in [0.1, 0.15) is 0 Å². The van der Waals surface area contributed by atoms with Crippen LogP contribution in [0.15, 0.2) is 12.2 Å². The zero-order valence-corrected chi connectivity index (χ0v) is 15.5. The van der Waals surface area contributed by atoms with Gasteiger partial charge in [-0.1, -0.05) is 96.6 Å². The number of hydrogen-bond acceptors (Lipinski definition) is 1. The summed E-state index contributed by atoms with van der Waals surface area (Å²) in [5, 5.41) is 8.95. The molecule has 0 rings (SSSR count). The third kappa shape index (κ3) is 16.1. The lowest BCUT2D eigenvalue weighted by Gasteiger charge is -2.06. The summed E-state index contributed by atoms with van der Waals surface area (Å²) in [4.78, 5) is 0. The van der Waals surface area contributed by atoms with E-state index in [1.165, 1.54) is 83.5 Å². The number of rotatable bonds is 17. The molecule has 1 unspecified atom stereocenters. The molecule has 0 aromatic rings. The van der Waals surface area contributed by atoms with Gasteiger partial charge in [-0.25, -0.2) is 0 Å². The van der Waals surface area contributed by atoms with Gasteiger partial charge in [0.05, 0.1) is 0 Å². The molecule has 1 nitrogen and oxygen atoms in total. The minimum Gasteiger partial charge on any atom is -0.396 e. The summed E-state index contributed by atoms with van der Waals surface area (Å²) in [6.07, 6.45) is 25.0. The highest BCUT2D eigenvalue weighted by Crippen LogP contribution is 2.13. The van der Waals surface area contributed by atoms with Crippen LogP contribution in [0.2, 0.25) is 0 Å². The Morgan fingerprint density at radius 1 is 0.727 bits per heavy atom. The molecule has 0 heterocycles. The predicted molar refractivity (Wildman–Crippen MR) is 100 cm³/mol. The lowest BCUT2D eigenvalue weighted by Crippen LogP contribution is -1.97. The molecule has 0 aromatic heterocycles. The highest BCUT2D eigenvalue weighted by atomic mass is 16.3. The van der Waals surface area contributed by atoms with E-state index in [9.17, 15) is 0 Å². The van der Waals surface area contributed by atoms with E-state index in [4.69, 9.17) is 5.11 Å². The van der Waals surface area contributed by atoms with Gasteiger partial charge in [-0.15, -0.1) is 0 Å². The van der Waals surface area contributed by atoms with Gasteiger partial charge in [0.15, 0.2) is 0 Å². The van der Waals surface area contributed by atoms with Crippen LogP contribution >= 0.6 is 0 Å². The molecule has 0 bridgehead atoms. The molecule has 0 spiro atoms. The molecule has 0 aliphatic carbocycles. The SMILES string of the molecule is CCCCCCCCCCCCCCC=CC(CC)CCO. The Labute approximate surface area is 140 Å². The van der Waals surface area contributed by atoms with Crippen LogP contribution in [-0.2, 0) is 0 Å². The second kappa shape index (κ2) is 18.7. The van der Waals surface area contributed by atoms with Gasteiger partial charge in [0, 0.05) is 6.61 Å². The Morgan fingerprint density at radius 3 is 1.68 bits per heavy atom. The van der Waals surface area contributed by atoms with Crippen molar-refractivity contribution in [1.82, 2.24) is 0 Å². The molecular weight excluding hydrogens is 268 g/mol. The van der Waals surface area contributed by atoms with Crippen LogP contribution in [-0.4, -0.2) is 11.7 Å². The molecule has 0 fully saturated rings. The zero-order chi connectivity index (χ0) is 16.3. The molecule has 0 aliphatic rings. The molecule has 1 atom stereocenters. The van der Waals surface area contributed by atoms with E-state index in [1.807, 2.05) is 0 Å². The highest BCUT2D eigenvalue weighted by Gasteiger charge is 1.99. The monoisotopic (exact) mass is 310 g/mol. The van der Waals surface area contributed by atoms with Gasteiger partial charge < -0.3 is 5.11 Å².